The van der Waals surface area contributed by atoms with Crippen LogP contribution in [0.1, 0.15) is 19.8 Å². The molecular weight excluding hydrogens is 194 g/mol. The number of piperidine rings is 1. The van der Waals surface area contributed by atoms with Crippen molar-refractivity contribution < 1.29 is 9.59 Å². The highest BCUT2D eigenvalue weighted by Gasteiger charge is 2.23. The van der Waals surface area contributed by atoms with Gasteiger partial charge in [0.05, 0.1) is 12.5 Å². The standard InChI is InChI=1S/C10H19N3O2/c1-7-3-4-8(5-12-7)10(15)13-6-9(14)11-2/h7-8,12H,3-6H2,1-2H3,(H,11,14)(H,13,15). The van der Waals surface area contributed by atoms with Crippen molar-refractivity contribution in [1.29, 1.82) is 0 Å². The van der Waals surface area contributed by atoms with E-state index in [9.17, 15) is 9.59 Å². The fourth-order valence-electron chi connectivity index (χ4n) is 1.62. The Hall–Kier alpha value is -1.10. The van der Waals surface area contributed by atoms with E-state index in [2.05, 4.69) is 22.9 Å². The fraction of sp³-hybridized carbons (Fsp3) is 0.800. The molecule has 15 heavy (non-hydrogen) atoms. The van der Waals surface area contributed by atoms with E-state index in [1.165, 1.54) is 0 Å². The molecule has 1 aliphatic heterocycles. The number of hydrogen-bond acceptors (Lipinski definition) is 3. The molecule has 5 nitrogen and oxygen atoms in total. The van der Waals surface area contributed by atoms with Gasteiger partial charge in [-0.2, -0.15) is 0 Å². The van der Waals surface area contributed by atoms with Crippen molar-refractivity contribution in [1.82, 2.24) is 16.0 Å². The molecule has 1 rings (SSSR count). The zero-order valence-electron chi connectivity index (χ0n) is 9.30. The zero-order chi connectivity index (χ0) is 11.3. The van der Waals surface area contributed by atoms with Gasteiger partial charge in [-0.15, -0.1) is 0 Å². The third kappa shape index (κ3) is 3.87. The quantitative estimate of drug-likeness (QED) is 0.577. The molecule has 0 radical (unpaired) electrons. The number of nitrogens with one attached hydrogen (secondary N) is 3. The van der Waals surface area contributed by atoms with E-state index in [0.29, 0.717) is 12.6 Å². The average molecular weight is 213 g/mol. The summed E-state index contributed by atoms with van der Waals surface area (Å²) in [5, 5.41) is 8.34. The molecule has 1 aliphatic rings. The number of hydrogen-bond donors (Lipinski definition) is 3. The first-order chi connectivity index (χ1) is 7.13. The molecule has 2 amide bonds. The molecular formula is C10H19N3O2. The van der Waals surface area contributed by atoms with Gasteiger partial charge in [-0.25, -0.2) is 0 Å². The van der Waals surface area contributed by atoms with Crippen molar-refractivity contribution >= 4 is 11.8 Å². The summed E-state index contributed by atoms with van der Waals surface area (Å²) < 4.78 is 0. The Morgan fingerprint density at radius 3 is 2.67 bits per heavy atom. The van der Waals surface area contributed by atoms with Crippen LogP contribution >= 0.6 is 0 Å². The Bertz CT molecular complexity index is 235. The summed E-state index contributed by atoms with van der Waals surface area (Å²) >= 11 is 0. The molecule has 0 aliphatic carbocycles. The lowest BCUT2D eigenvalue weighted by Crippen LogP contribution is -2.45. The largest absolute Gasteiger partial charge is 0.358 e. The van der Waals surface area contributed by atoms with E-state index in [0.717, 1.165) is 12.8 Å². The van der Waals surface area contributed by atoms with Gasteiger partial charge in [0.1, 0.15) is 0 Å². The predicted octanol–water partition coefficient (Wildman–Crippen LogP) is -0.763. The Labute approximate surface area is 90.0 Å². The van der Waals surface area contributed by atoms with Crippen LogP contribution in [0.2, 0.25) is 0 Å². The van der Waals surface area contributed by atoms with Crippen LogP contribution in [0.4, 0.5) is 0 Å². The van der Waals surface area contributed by atoms with Gasteiger partial charge in [-0.3, -0.25) is 9.59 Å². The number of rotatable bonds is 3. The molecule has 0 saturated carbocycles. The summed E-state index contributed by atoms with van der Waals surface area (Å²) in [5.41, 5.74) is 0. The van der Waals surface area contributed by atoms with E-state index in [1.54, 1.807) is 7.05 Å². The molecule has 5 heteroatoms. The Kier molecular flexibility index (Phi) is 4.55. The SMILES string of the molecule is CNC(=O)CNC(=O)C1CCC(C)NC1. The second kappa shape index (κ2) is 5.70. The first-order valence-electron chi connectivity index (χ1n) is 5.35. The maximum atomic E-state index is 11.6. The van der Waals surface area contributed by atoms with Gasteiger partial charge in [0.15, 0.2) is 0 Å². The van der Waals surface area contributed by atoms with E-state index < -0.39 is 0 Å². The van der Waals surface area contributed by atoms with E-state index in [-0.39, 0.29) is 24.3 Å². The molecule has 1 saturated heterocycles. The topological polar surface area (TPSA) is 70.2 Å². The highest BCUT2D eigenvalue weighted by atomic mass is 16.2. The van der Waals surface area contributed by atoms with Gasteiger partial charge < -0.3 is 16.0 Å². The molecule has 86 valence electrons. The molecule has 2 unspecified atom stereocenters. The lowest BCUT2D eigenvalue weighted by Gasteiger charge is -2.26. The molecule has 1 heterocycles. The summed E-state index contributed by atoms with van der Waals surface area (Å²) in [4.78, 5) is 22.5. The van der Waals surface area contributed by atoms with Crippen LogP contribution in [-0.4, -0.2) is 38.0 Å². The summed E-state index contributed by atoms with van der Waals surface area (Å²) in [6, 6.07) is 0.494. The maximum Gasteiger partial charge on any atom is 0.239 e. The molecule has 3 N–H and O–H groups in total. The minimum Gasteiger partial charge on any atom is -0.358 e. The first kappa shape index (κ1) is 12.0. The van der Waals surface area contributed by atoms with Crippen LogP contribution in [0.5, 0.6) is 0 Å². The van der Waals surface area contributed by atoms with E-state index in [1.807, 2.05) is 0 Å². The normalized spacial score (nSPS) is 25.7. The minimum atomic E-state index is -0.166. The van der Waals surface area contributed by atoms with Crippen LogP contribution in [0.15, 0.2) is 0 Å². The van der Waals surface area contributed by atoms with Crippen LogP contribution < -0.4 is 16.0 Å². The van der Waals surface area contributed by atoms with Crippen molar-refractivity contribution in [3.05, 3.63) is 0 Å². The molecule has 0 bridgehead atoms. The molecule has 0 aromatic carbocycles. The first-order valence-corrected chi connectivity index (χ1v) is 5.35. The Morgan fingerprint density at radius 1 is 1.40 bits per heavy atom. The number of amides is 2. The van der Waals surface area contributed by atoms with E-state index >= 15 is 0 Å². The van der Waals surface area contributed by atoms with Crippen molar-refractivity contribution in [3.8, 4) is 0 Å². The summed E-state index contributed by atoms with van der Waals surface area (Å²) in [7, 11) is 1.55. The third-order valence-corrected chi connectivity index (χ3v) is 2.73. The second-order valence-corrected chi connectivity index (χ2v) is 3.97. The van der Waals surface area contributed by atoms with E-state index in [4.69, 9.17) is 0 Å². The Balaban J connectivity index is 2.25. The lowest BCUT2D eigenvalue weighted by atomic mass is 9.95. The van der Waals surface area contributed by atoms with Gasteiger partial charge in [0, 0.05) is 19.6 Å². The van der Waals surface area contributed by atoms with Crippen molar-refractivity contribution in [2.24, 2.45) is 5.92 Å². The highest BCUT2D eigenvalue weighted by molar-refractivity contribution is 5.85. The van der Waals surface area contributed by atoms with Crippen LogP contribution in [0.3, 0.4) is 0 Å². The monoisotopic (exact) mass is 213 g/mol. The van der Waals surface area contributed by atoms with Crippen LogP contribution in [-0.2, 0) is 9.59 Å². The number of carbonyl (C=O) groups is 2. The van der Waals surface area contributed by atoms with Gasteiger partial charge in [-0.1, -0.05) is 0 Å². The van der Waals surface area contributed by atoms with Gasteiger partial charge >= 0.3 is 0 Å². The maximum absolute atomic E-state index is 11.6. The number of likely N-dealkylation sites (N-methyl/N-ethyl adjacent to an activating group) is 1. The smallest absolute Gasteiger partial charge is 0.239 e. The second-order valence-electron chi connectivity index (χ2n) is 3.97. The predicted molar refractivity (Wildman–Crippen MR) is 57.3 cm³/mol. The minimum absolute atomic E-state index is 0.00542. The third-order valence-electron chi connectivity index (χ3n) is 2.73. The zero-order valence-corrected chi connectivity index (χ0v) is 9.30. The highest BCUT2D eigenvalue weighted by Crippen LogP contribution is 2.13. The van der Waals surface area contributed by atoms with Gasteiger partial charge in [0.25, 0.3) is 0 Å². The molecule has 0 aromatic heterocycles. The summed E-state index contributed by atoms with van der Waals surface area (Å²) in [5.74, 6) is -0.190. The molecule has 0 aromatic rings. The van der Waals surface area contributed by atoms with Crippen LogP contribution in [0.25, 0.3) is 0 Å². The van der Waals surface area contributed by atoms with Crippen molar-refractivity contribution in [2.45, 2.75) is 25.8 Å². The average Bonchev–Trinajstić information content (AvgIpc) is 2.26. The van der Waals surface area contributed by atoms with Gasteiger partial charge in [0.2, 0.25) is 11.8 Å². The molecule has 2 atom stereocenters. The van der Waals surface area contributed by atoms with Crippen molar-refractivity contribution in [2.75, 3.05) is 20.1 Å². The Morgan fingerprint density at radius 2 is 2.13 bits per heavy atom. The van der Waals surface area contributed by atoms with Crippen molar-refractivity contribution in [3.63, 3.8) is 0 Å². The van der Waals surface area contributed by atoms with Crippen LogP contribution in [0, 0.1) is 5.92 Å². The van der Waals surface area contributed by atoms with Gasteiger partial charge in [-0.05, 0) is 19.8 Å². The number of carbonyl (C=O) groups excluding carboxylic acids is 2. The summed E-state index contributed by atoms with van der Waals surface area (Å²) in [6.07, 6.45) is 1.91. The fourth-order valence-corrected chi connectivity index (χ4v) is 1.62. The summed E-state index contributed by atoms with van der Waals surface area (Å²) in [6.45, 7) is 2.89. The molecule has 1 fully saturated rings. The lowest BCUT2D eigenvalue weighted by molar-refractivity contribution is -0.128. The molecule has 0 spiro atoms.